The van der Waals surface area contributed by atoms with Gasteiger partial charge in [-0.15, -0.1) is 0 Å². The average molecular weight is 272 g/mol. The van der Waals surface area contributed by atoms with Crippen molar-refractivity contribution in [3.05, 3.63) is 47.8 Å². The van der Waals surface area contributed by atoms with Gasteiger partial charge in [0.15, 0.2) is 5.78 Å². The van der Waals surface area contributed by atoms with E-state index in [4.69, 9.17) is 4.74 Å². The largest absolute Gasteiger partial charge is 0.426 e. The average Bonchev–Trinajstić information content (AvgIpc) is 2.87. The van der Waals surface area contributed by atoms with Crippen molar-refractivity contribution in [2.45, 2.75) is 13.8 Å². The van der Waals surface area contributed by atoms with Crippen molar-refractivity contribution < 1.29 is 19.1 Å². The lowest BCUT2D eigenvalue weighted by Gasteiger charge is -2.06. The van der Waals surface area contributed by atoms with Gasteiger partial charge in [-0.1, -0.05) is 12.1 Å². The highest BCUT2D eigenvalue weighted by molar-refractivity contribution is 6.10. The van der Waals surface area contributed by atoms with Gasteiger partial charge in [0, 0.05) is 20.0 Å². The van der Waals surface area contributed by atoms with Crippen LogP contribution in [0.2, 0.25) is 0 Å². The highest BCUT2D eigenvalue weighted by atomic mass is 16.5. The van der Waals surface area contributed by atoms with Crippen LogP contribution in [-0.2, 0) is 4.79 Å². The van der Waals surface area contributed by atoms with E-state index in [2.05, 4.69) is 5.10 Å². The smallest absolute Gasteiger partial charge is 0.308 e. The molecule has 1 aromatic heterocycles. The summed E-state index contributed by atoms with van der Waals surface area (Å²) in [5.74, 6) is -0.989. The molecule has 0 aliphatic heterocycles. The lowest BCUT2D eigenvalue weighted by Crippen LogP contribution is -2.08. The highest BCUT2D eigenvalue weighted by Crippen LogP contribution is 2.21. The van der Waals surface area contributed by atoms with Gasteiger partial charge in [0.25, 0.3) is 0 Å². The molecular weight excluding hydrogens is 260 g/mol. The Hall–Kier alpha value is -2.76. The summed E-state index contributed by atoms with van der Waals surface area (Å²) in [6.07, 6.45) is 2.64. The van der Waals surface area contributed by atoms with E-state index in [-0.39, 0.29) is 28.6 Å². The van der Waals surface area contributed by atoms with Crippen molar-refractivity contribution in [1.82, 2.24) is 9.78 Å². The van der Waals surface area contributed by atoms with Gasteiger partial charge in [0.1, 0.15) is 5.75 Å². The SMILES string of the molecule is CC(=O)Oc1ccccc1C(=O)c1cnn(C(C)=O)c1. The zero-order chi connectivity index (χ0) is 14.7. The summed E-state index contributed by atoms with van der Waals surface area (Å²) in [5.41, 5.74) is 0.491. The summed E-state index contributed by atoms with van der Waals surface area (Å²) in [4.78, 5) is 34.5. The maximum Gasteiger partial charge on any atom is 0.308 e. The Bertz CT molecular complexity index is 688. The Balaban J connectivity index is 2.37. The van der Waals surface area contributed by atoms with Crippen molar-refractivity contribution in [1.29, 1.82) is 0 Å². The van der Waals surface area contributed by atoms with E-state index in [1.165, 1.54) is 32.3 Å². The van der Waals surface area contributed by atoms with Gasteiger partial charge in [-0.05, 0) is 12.1 Å². The quantitative estimate of drug-likeness (QED) is 0.482. The minimum atomic E-state index is -0.510. The number of carbonyl (C=O) groups excluding carboxylic acids is 3. The molecule has 0 aliphatic carbocycles. The minimum absolute atomic E-state index is 0.181. The molecule has 0 aliphatic rings. The van der Waals surface area contributed by atoms with Gasteiger partial charge in [-0.3, -0.25) is 14.4 Å². The second-order valence-electron chi connectivity index (χ2n) is 4.11. The summed E-state index contributed by atoms with van der Waals surface area (Å²) in [7, 11) is 0. The van der Waals surface area contributed by atoms with Crippen molar-refractivity contribution in [3.8, 4) is 5.75 Å². The molecule has 2 rings (SSSR count). The van der Waals surface area contributed by atoms with E-state index in [0.717, 1.165) is 4.68 Å². The lowest BCUT2D eigenvalue weighted by atomic mass is 10.1. The fourth-order valence-electron chi connectivity index (χ4n) is 1.67. The van der Waals surface area contributed by atoms with Gasteiger partial charge in [0.05, 0.1) is 17.3 Å². The van der Waals surface area contributed by atoms with Crippen molar-refractivity contribution in [2.75, 3.05) is 0 Å². The number of rotatable bonds is 3. The molecule has 1 aromatic carbocycles. The fourth-order valence-corrected chi connectivity index (χ4v) is 1.67. The molecule has 102 valence electrons. The number of carbonyl (C=O) groups is 3. The molecule has 0 atom stereocenters. The van der Waals surface area contributed by atoms with Crippen LogP contribution in [0.5, 0.6) is 5.75 Å². The van der Waals surface area contributed by atoms with Crippen LogP contribution in [0.1, 0.15) is 34.6 Å². The summed E-state index contributed by atoms with van der Waals surface area (Å²) in [6.45, 7) is 2.60. The number of esters is 1. The van der Waals surface area contributed by atoms with Crippen LogP contribution in [-0.4, -0.2) is 27.4 Å². The van der Waals surface area contributed by atoms with Crippen LogP contribution in [0.3, 0.4) is 0 Å². The normalized spacial score (nSPS) is 10.1. The van der Waals surface area contributed by atoms with E-state index < -0.39 is 5.97 Å². The molecule has 0 bridgehead atoms. The molecule has 1 heterocycles. The summed E-state index contributed by atoms with van der Waals surface area (Å²) < 4.78 is 6.06. The molecule has 6 nitrogen and oxygen atoms in total. The first kappa shape index (κ1) is 13.7. The van der Waals surface area contributed by atoms with Crippen molar-refractivity contribution in [2.24, 2.45) is 0 Å². The first-order chi connectivity index (χ1) is 9.49. The maximum absolute atomic E-state index is 12.3. The molecule has 0 spiro atoms. The Kier molecular flexibility index (Phi) is 3.74. The molecule has 20 heavy (non-hydrogen) atoms. The van der Waals surface area contributed by atoms with Crippen LogP contribution in [0.25, 0.3) is 0 Å². The zero-order valence-corrected chi connectivity index (χ0v) is 11.0. The number of nitrogens with zero attached hydrogens (tertiary/aromatic N) is 2. The Morgan fingerprint density at radius 1 is 1.15 bits per heavy atom. The summed E-state index contributed by atoms with van der Waals surface area (Å²) in [5, 5.41) is 3.79. The fraction of sp³-hybridized carbons (Fsp3) is 0.143. The van der Waals surface area contributed by atoms with E-state index in [1.54, 1.807) is 18.2 Å². The number of para-hydroxylation sites is 1. The highest BCUT2D eigenvalue weighted by Gasteiger charge is 2.17. The molecule has 6 heteroatoms. The molecule has 0 saturated heterocycles. The third kappa shape index (κ3) is 2.80. The molecule has 2 aromatic rings. The van der Waals surface area contributed by atoms with E-state index in [0.29, 0.717) is 0 Å². The molecule has 0 fully saturated rings. The first-order valence-electron chi connectivity index (χ1n) is 5.87. The Morgan fingerprint density at radius 2 is 1.85 bits per heavy atom. The van der Waals surface area contributed by atoms with Crippen LogP contribution in [0.15, 0.2) is 36.7 Å². The topological polar surface area (TPSA) is 78.3 Å². The lowest BCUT2D eigenvalue weighted by molar-refractivity contribution is -0.131. The molecule has 0 amide bonds. The molecule has 0 saturated carbocycles. The molecule has 0 unspecified atom stereocenters. The third-order valence-electron chi connectivity index (χ3n) is 2.55. The van der Waals surface area contributed by atoms with Gasteiger partial charge in [-0.25, -0.2) is 4.68 Å². The van der Waals surface area contributed by atoms with Crippen LogP contribution in [0.4, 0.5) is 0 Å². The monoisotopic (exact) mass is 272 g/mol. The third-order valence-corrected chi connectivity index (χ3v) is 2.55. The number of hydrogen-bond acceptors (Lipinski definition) is 5. The van der Waals surface area contributed by atoms with E-state index in [9.17, 15) is 14.4 Å². The number of aromatic nitrogens is 2. The Morgan fingerprint density at radius 3 is 2.45 bits per heavy atom. The number of ketones is 1. The summed E-state index contributed by atoms with van der Waals surface area (Å²) in [6, 6.07) is 6.40. The standard InChI is InChI=1S/C14H12N2O4/c1-9(17)16-8-11(7-15-16)14(19)12-5-3-4-6-13(12)20-10(2)18/h3-8H,1-2H3. The summed E-state index contributed by atoms with van der Waals surface area (Å²) >= 11 is 0. The minimum Gasteiger partial charge on any atom is -0.426 e. The predicted octanol–water partition coefficient (Wildman–Crippen LogP) is 1.70. The van der Waals surface area contributed by atoms with Crippen LogP contribution < -0.4 is 4.74 Å². The first-order valence-corrected chi connectivity index (χ1v) is 5.87. The molecule has 0 radical (unpaired) electrons. The van der Waals surface area contributed by atoms with Crippen molar-refractivity contribution in [3.63, 3.8) is 0 Å². The van der Waals surface area contributed by atoms with E-state index in [1.807, 2.05) is 0 Å². The second kappa shape index (κ2) is 5.48. The van der Waals surface area contributed by atoms with Gasteiger partial charge >= 0.3 is 5.97 Å². The predicted molar refractivity (Wildman–Crippen MR) is 69.7 cm³/mol. The Labute approximate surface area is 115 Å². The van der Waals surface area contributed by atoms with Gasteiger partial charge < -0.3 is 4.74 Å². The second-order valence-corrected chi connectivity index (χ2v) is 4.11. The van der Waals surface area contributed by atoms with Gasteiger partial charge in [-0.2, -0.15) is 5.10 Å². The molecular formula is C14H12N2O4. The van der Waals surface area contributed by atoms with Crippen molar-refractivity contribution >= 4 is 17.7 Å². The van der Waals surface area contributed by atoms with E-state index >= 15 is 0 Å². The van der Waals surface area contributed by atoms with Gasteiger partial charge in [0.2, 0.25) is 5.91 Å². The van der Waals surface area contributed by atoms with Crippen LogP contribution >= 0.6 is 0 Å². The number of ether oxygens (including phenoxy) is 1. The molecule has 0 N–H and O–H groups in total. The number of hydrogen-bond donors (Lipinski definition) is 0. The zero-order valence-electron chi connectivity index (χ0n) is 11.0. The van der Waals surface area contributed by atoms with Crippen LogP contribution in [0, 0.1) is 0 Å². The number of benzene rings is 1. The maximum atomic E-state index is 12.3.